The van der Waals surface area contributed by atoms with Gasteiger partial charge in [0.2, 0.25) is 5.91 Å². The molecule has 1 amide bonds. The predicted molar refractivity (Wildman–Crippen MR) is 78.9 cm³/mol. The summed E-state index contributed by atoms with van der Waals surface area (Å²) in [6.45, 7) is 6.21. The molecule has 0 aliphatic heterocycles. The van der Waals surface area contributed by atoms with Gasteiger partial charge in [-0.2, -0.15) is 0 Å². The van der Waals surface area contributed by atoms with Gasteiger partial charge in [-0.05, 0) is 38.5 Å². The van der Waals surface area contributed by atoms with E-state index in [2.05, 4.69) is 21.2 Å². The van der Waals surface area contributed by atoms with Gasteiger partial charge in [0.05, 0.1) is 16.0 Å². The molecule has 100 valence electrons. The highest BCUT2D eigenvalue weighted by Crippen LogP contribution is 2.28. The lowest BCUT2D eigenvalue weighted by atomic mass is 10.2. The van der Waals surface area contributed by atoms with Gasteiger partial charge in [0.15, 0.2) is 0 Å². The summed E-state index contributed by atoms with van der Waals surface area (Å²) in [4.78, 5) is 11.8. The number of carbonyl (C=O) groups excluding carboxylic acids is 1. The molecule has 0 saturated heterocycles. The van der Waals surface area contributed by atoms with Crippen molar-refractivity contribution in [3.8, 4) is 5.75 Å². The third-order valence-electron chi connectivity index (χ3n) is 2.19. The van der Waals surface area contributed by atoms with Crippen molar-refractivity contribution in [1.82, 2.24) is 0 Å². The molecule has 0 aliphatic carbocycles. The van der Waals surface area contributed by atoms with E-state index in [1.54, 1.807) is 32.0 Å². The van der Waals surface area contributed by atoms with Crippen LogP contribution in [0.2, 0.25) is 5.02 Å². The van der Waals surface area contributed by atoms with E-state index in [1.807, 2.05) is 6.92 Å². The van der Waals surface area contributed by atoms with Gasteiger partial charge in [0.1, 0.15) is 5.75 Å². The number of nitrogens with one attached hydrogen (secondary N) is 1. The van der Waals surface area contributed by atoms with Crippen molar-refractivity contribution in [3.05, 3.63) is 23.2 Å². The van der Waals surface area contributed by atoms with E-state index in [1.165, 1.54) is 0 Å². The number of rotatable bonds is 5. The van der Waals surface area contributed by atoms with Gasteiger partial charge in [0, 0.05) is 5.69 Å². The van der Waals surface area contributed by atoms with Crippen LogP contribution in [0.15, 0.2) is 18.2 Å². The smallest absolute Gasteiger partial charge is 0.240 e. The number of amides is 1. The number of anilines is 1. The first-order valence-corrected chi connectivity index (χ1v) is 6.94. The summed E-state index contributed by atoms with van der Waals surface area (Å²) in [5.74, 6) is 0.510. The maximum atomic E-state index is 11.8. The van der Waals surface area contributed by atoms with Gasteiger partial charge in [-0.15, -0.1) is 0 Å². The van der Waals surface area contributed by atoms with Crippen LogP contribution in [0.3, 0.4) is 0 Å². The fraction of sp³-hybridized carbons (Fsp3) is 0.462. The van der Waals surface area contributed by atoms with E-state index in [-0.39, 0.29) is 5.91 Å². The lowest BCUT2D eigenvalue weighted by Gasteiger charge is -2.16. The summed E-state index contributed by atoms with van der Waals surface area (Å²) in [5, 5.41) is 3.27. The molecule has 0 aliphatic rings. The van der Waals surface area contributed by atoms with E-state index in [4.69, 9.17) is 16.3 Å². The topological polar surface area (TPSA) is 38.3 Å². The standard InChI is InChI=1S/C13H17BrClNO2/c1-4-7-18-11-6-5-9(8-10(11)15)16-12(17)13(2,3)14/h5-6,8H,4,7H2,1-3H3,(H,16,17). The van der Waals surface area contributed by atoms with Crippen molar-refractivity contribution in [2.24, 2.45) is 0 Å². The number of benzene rings is 1. The third-order valence-corrected chi connectivity index (χ3v) is 2.85. The zero-order chi connectivity index (χ0) is 13.8. The Kier molecular flexibility index (Phi) is 5.47. The Labute approximate surface area is 121 Å². The summed E-state index contributed by atoms with van der Waals surface area (Å²) in [7, 11) is 0. The molecular weight excluding hydrogens is 318 g/mol. The number of halogens is 2. The minimum Gasteiger partial charge on any atom is -0.492 e. The molecule has 0 radical (unpaired) electrons. The van der Waals surface area contributed by atoms with Crippen LogP contribution >= 0.6 is 27.5 Å². The second kappa shape index (κ2) is 6.43. The molecule has 1 rings (SSSR count). The SMILES string of the molecule is CCCOc1ccc(NC(=O)C(C)(C)Br)cc1Cl. The number of hydrogen-bond donors (Lipinski definition) is 1. The molecule has 1 aromatic rings. The molecule has 0 aromatic heterocycles. The maximum absolute atomic E-state index is 11.8. The quantitative estimate of drug-likeness (QED) is 0.818. The van der Waals surface area contributed by atoms with Crippen LogP contribution in [-0.2, 0) is 4.79 Å². The van der Waals surface area contributed by atoms with Gasteiger partial charge < -0.3 is 10.1 Å². The zero-order valence-corrected chi connectivity index (χ0v) is 13.1. The predicted octanol–water partition coefficient (Wildman–Crippen LogP) is 4.24. The molecule has 0 heterocycles. The number of carbonyl (C=O) groups is 1. The van der Waals surface area contributed by atoms with E-state index in [0.29, 0.717) is 23.1 Å². The Morgan fingerprint density at radius 2 is 2.17 bits per heavy atom. The van der Waals surface area contributed by atoms with Crippen LogP contribution in [0.25, 0.3) is 0 Å². The van der Waals surface area contributed by atoms with E-state index >= 15 is 0 Å². The molecule has 0 spiro atoms. The van der Waals surface area contributed by atoms with Gasteiger partial charge in [-0.3, -0.25) is 4.79 Å². The molecular formula is C13H17BrClNO2. The van der Waals surface area contributed by atoms with E-state index in [9.17, 15) is 4.79 Å². The van der Waals surface area contributed by atoms with Crippen LogP contribution in [0.1, 0.15) is 27.2 Å². The molecule has 1 N–H and O–H groups in total. The summed E-state index contributed by atoms with van der Waals surface area (Å²) in [5.41, 5.74) is 0.654. The minimum atomic E-state index is -0.614. The van der Waals surface area contributed by atoms with Crippen LogP contribution in [0, 0.1) is 0 Å². The summed E-state index contributed by atoms with van der Waals surface area (Å²) in [6.07, 6.45) is 0.923. The Bertz CT molecular complexity index is 429. The van der Waals surface area contributed by atoms with E-state index in [0.717, 1.165) is 6.42 Å². The highest BCUT2D eigenvalue weighted by molar-refractivity contribution is 9.10. The maximum Gasteiger partial charge on any atom is 0.240 e. The Balaban J connectivity index is 2.75. The van der Waals surface area contributed by atoms with Crippen molar-refractivity contribution in [2.75, 3.05) is 11.9 Å². The first-order chi connectivity index (χ1) is 8.34. The Morgan fingerprint density at radius 1 is 1.50 bits per heavy atom. The van der Waals surface area contributed by atoms with Gasteiger partial charge in [-0.25, -0.2) is 0 Å². The van der Waals surface area contributed by atoms with Crippen LogP contribution in [0.4, 0.5) is 5.69 Å². The van der Waals surface area contributed by atoms with E-state index < -0.39 is 4.32 Å². The minimum absolute atomic E-state index is 0.124. The van der Waals surface area contributed by atoms with Crippen molar-refractivity contribution in [3.63, 3.8) is 0 Å². The first kappa shape index (κ1) is 15.3. The largest absolute Gasteiger partial charge is 0.492 e. The number of alkyl halides is 1. The van der Waals surface area contributed by atoms with Gasteiger partial charge in [-0.1, -0.05) is 34.5 Å². The fourth-order valence-electron chi connectivity index (χ4n) is 1.19. The number of ether oxygens (including phenoxy) is 1. The second-order valence-corrected chi connectivity index (χ2v) is 6.81. The highest BCUT2D eigenvalue weighted by atomic mass is 79.9. The summed E-state index contributed by atoms with van der Waals surface area (Å²) in [6, 6.07) is 5.21. The average molecular weight is 335 g/mol. The van der Waals surface area contributed by atoms with Crippen LogP contribution in [-0.4, -0.2) is 16.8 Å². The molecule has 3 nitrogen and oxygen atoms in total. The average Bonchev–Trinajstić information content (AvgIpc) is 2.26. The third kappa shape index (κ3) is 4.50. The molecule has 0 bridgehead atoms. The normalized spacial score (nSPS) is 11.2. The molecule has 0 fully saturated rings. The Hall–Kier alpha value is -0.740. The lowest BCUT2D eigenvalue weighted by molar-refractivity contribution is -0.117. The second-order valence-electron chi connectivity index (χ2n) is 4.42. The first-order valence-electron chi connectivity index (χ1n) is 5.77. The monoisotopic (exact) mass is 333 g/mol. The zero-order valence-electron chi connectivity index (χ0n) is 10.7. The van der Waals surface area contributed by atoms with Crippen molar-refractivity contribution >= 4 is 39.1 Å². The molecule has 0 atom stereocenters. The lowest BCUT2D eigenvalue weighted by Crippen LogP contribution is -2.30. The van der Waals surface area contributed by atoms with Crippen molar-refractivity contribution < 1.29 is 9.53 Å². The molecule has 5 heteroatoms. The molecule has 0 saturated carbocycles. The number of hydrogen-bond acceptors (Lipinski definition) is 2. The van der Waals surface area contributed by atoms with Crippen LogP contribution < -0.4 is 10.1 Å². The Morgan fingerprint density at radius 3 is 2.67 bits per heavy atom. The van der Waals surface area contributed by atoms with Crippen LogP contribution in [0.5, 0.6) is 5.75 Å². The highest BCUT2D eigenvalue weighted by Gasteiger charge is 2.23. The summed E-state index contributed by atoms with van der Waals surface area (Å²) >= 11 is 9.37. The van der Waals surface area contributed by atoms with Crippen molar-refractivity contribution in [1.29, 1.82) is 0 Å². The molecule has 0 unspecified atom stereocenters. The van der Waals surface area contributed by atoms with Gasteiger partial charge >= 0.3 is 0 Å². The molecule has 1 aromatic carbocycles. The van der Waals surface area contributed by atoms with Crippen molar-refractivity contribution in [2.45, 2.75) is 31.5 Å². The fourth-order valence-corrected chi connectivity index (χ4v) is 1.52. The summed E-state index contributed by atoms with van der Waals surface area (Å²) < 4.78 is 4.85. The molecule has 18 heavy (non-hydrogen) atoms. The van der Waals surface area contributed by atoms with Gasteiger partial charge in [0.25, 0.3) is 0 Å².